The maximum Gasteiger partial charge on any atom is 0.231 e. The Labute approximate surface area is 182 Å². The number of ether oxygens (including phenoxy) is 1. The molecule has 1 heterocycles. The summed E-state index contributed by atoms with van der Waals surface area (Å²) in [7, 11) is -1.81. The highest BCUT2D eigenvalue weighted by Crippen LogP contribution is 2.25. The van der Waals surface area contributed by atoms with Gasteiger partial charge in [-0.25, -0.2) is 17.8 Å². The van der Waals surface area contributed by atoms with Gasteiger partial charge in [0.1, 0.15) is 15.7 Å². The van der Waals surface area contributed by atoms with Gasteiger partial charge in [0.25, 0.3) is 0 Å². The Kier molecular flexibility index (Phi) is 12.6. The molecule has 11 heteroatoms. The number of hydrogen-bond acceptors (Lipinski definition) is 7. The largest absolute Gasteiger partial charge is 0.480 e. The van der Waals surface area contributed by atoms with Gasteiger partial charge in [0, 0.05) is 17.5 Å². The fraction of sp³-hybridized carbons (Fsp3) is 0.400. The van der Waals surface area contributed by atoms with E-state index in [2.05, 4.69) is 20.3 Å². The molecule has 2 aromatic rings. The van der Waals surface area contributed by atoms with Crippen molar-refractivity contribution in [1.82, 2.24) is 9.97 Å². The molecule has 0 aliphatic heterocycles. The summed E-state index contributed by atoms with van der Waals surface area (Å²) in [6.45, 7) is 7.37. The van der Waals surface area contributed by atoms with E-state index in [9.17, 15) is 17.6 Å². The summed E-state index contributed by atoms with van der Waals surface area (Å²) in [6, 6.07) is 2.89. The average molecular weight is 456 g/mol. The molecule has 0 aliphatic carbocycles. The van der Waals surface area contributed by atoms with Crippen molar-refractivity contribution in [2.75, 3.05) is 24.4 Å². The smallest absolute Gasteiger partial charge is 0.231 e. The van der Waals surface area contributed by atoms with E-state index in [1.54, 1.807) is 19.5 Å². The first kappa shape index (κ1) is 27.9. The third kappa shape index (κ3) is 11.6. The molecule has 0 spiro atoms. The minimum atomic E-state index is -3.38. The van der Waals surface area contributed by atoms with Crippen LogP contribution in [0.25, 0.3) is 0 Å². The number of nitrogens with zero attached hydrogens (tertiary/aromatic N) is 3. The predicted octanol–water partition coefficient (Wildman–Crippen LogP) is 2.68. The average Bonchev–Trinajstić information content (AvgIpc) is 2.70. The molecule has 31 heavy (non-hydrogen) atoms. The van der Waals surface area contributed by atoms with Gasteiger partial charge in [0.05, 0.1) is 42.8 Å². The minimum Gasteiger partial charge on any atom is -0.480 e. The Hall–Kier alpha value is -3.08. The molecule has 0 fully saturated rings. The number of sulfone groups is 1. The molecule has 0 saturated carbocycles. The van der Waals surface area contributed by atoms with Crippen LogP contribution in [0.2, 0.25) is 0 Å². The van der Waals surface area contributed by atoms with Crippen molar-refractivity contribution in [1.29, 1.82) is 0 Å². The first-order valence-electron chi connectivity index (χ1n) is 9.35. The Morgan fingerprint density at radius 1 is 1.32 bits per heavy atom. The van der Waals surface area contributed by atoms with Gasteiger partial charge in [-0.2, -0.15) is 0 Å². The first-order valence-corrected chi connectivity index (χ1v) is 11.4. The van der Waals surface area contributed by atoms with Crippen molar-refractivity contribution in [3.05, 3.63) is 47.7 Å². The number of anilines is 1. The second kappa shape index (κ2) is 14.0. The SMILES string of the molecule is CC.CC(N)=NC(CS(C)(=O)=O)c1cc(NC=O)ccc1F.COc1cnc(C)cn1. The van der Waals surface area contributed by atoms with Crippen molar-refractivity contribution in [2.45, 2.75) is 33.7 Å². The predicted molar refractivity (Wildman–Crippen MR) is 121 cm³/mol. The van der Waals surface area contributed by atoms with E-state index < -0.39 is 21.7 Å². The van der Waals surface area contributed by atoms with E-state index in [4.69, 9.17) is 10.5 Å². The van der Waals surface area contributed by atoms with Gasteiger partial charge >= 0.3 is 0 Å². The summed E-state index contributed by atoms with van der Waals surface area (Å²) >= 11 is 0. The number of carbonyl (C=O) groups excluding carboxylic acids is 1. The maximum atomic E-state index is 13.9. The van der Waals surface area contributed by atoms with Crippen molar-refractivity contribution in [3.8, 4) is 5.88 Å². The summed E-state index contributed by atoms with van der Waals surface area (Å²) in [6.07, 6.45) is 4.74. The number of benzene rings is 1. The second-order valence-electron chi connectivity index (χ2n) is 6.08. The molecule has 172 valence electrons. The number of methoxy groups -OCH3 is 1. The molecule has 1 aromatic carbocycles. The van der Waals surface area contributed by atoms with Gasteiger partial charge in [0.2, 0.25) is 12.3 Å². The monoisotopic (exact) mass is 455 g/mol. The van der Waals surface area contributed by atoms with E-state index in [1.807, 2.05) is 20.8 Å². The highest BCUT2D eigenvalue weighted by Gasteiger charge is 2.20. The fourth-order valence-corrected chi connectivity index (χ4v) is 3.00. The van der Waals surface area contributed by atoms with Crippen LogP contribution in [0.5, 0.6) is 5.88 Å². The summed E-state index contributed by atoms with van der Waals surface area (Å²) in [5.41, 5.74) is 6.77. The van der Waals surface area contributed by atoms with Crippen molar-refractivity contribution < 1.29 is 22.3 Å². The summed E-state index contributed by atoms with van der Waals surface area (Å²) in [5.74, 6) is -0.282. The normalized spacial score (nSPS) is 11.8. The molecule has 9 nitrogen and oxygen atoms in total. The first-order chi connectivity index (χ1) is 14.6. The lowest BCUT2D eigenvalue weighted by Gasteiger charge is -2.14. The third-order valence-corrected chi connectivity index (χ3v) is 4.29. The molecule has 1 amide bonds. The van der Waals surface area contributed by atoms with E-state index >= 15 is 0 Å². The van der Waals surface area contributed by atoms with Gasteiger partial charge in [-0.05, 0) is 32.0 Å². The maximum absolute atomic E-state index is 13.9. The van der Waals surface area contributed by atoms with Gasteiger partial charge in [-0.3, -0.25) is 14.8 Å². The van der Waals surface area contributed by atoms with E-state index in [0.717, 1.165) is 18.0 Å². The van der Waals surface area contributed by atoms with Crippen LogP contribution >= 0.6 is 0 Å². The summed E-state index contributed by atoms with van der Waals surface area (Å²) in [5, 5.41) is 2.37. The van der Waals surface area contributed by atoms with Crippen molar-refractivity contribution in [3.63, 3.8) is 0 Å². The Morgan fingerprint density at radius 2 is 1.97 bits per heavy atom. The number of halogens is 1. The summed E-state index contributed by atoms with van der Waals surface area (Å²) in [4.78, 5) is 22.2. The van der Waals surface area contributed by atoms with Gasteiger partial charge in [-0.1, -0.05) is 13.8 Å². The van der Waals surface area contributed by atoms with Crippen LogP contribution in [0.4, 0.5) is 10.1 Å². The Bertz CT molecular complexity index is 947. The molecule has 0 saturated heterocycles. The zero-order chi connectivity index (χ0) is 24.0. The number of nitrogens with two attached hydrogens (primary N) is 1. The van der Waals surface area contributed by atoms with E-state index in [-0.39, 0.29) is 17.2 Å². The molecule has 2 rings (SSSR count). The zero-order valence-corrected chi connectivity index (χ0v) is 19.4. The lowest BCUT2D eigenvalue weighted by Crippen LogP contribution is -2.17. The lowest BCUT2D eigenvalue weighted by atomic mass is 10.1. The highest BCUT2D eigenvalue weighted by molar-refractivity contribution is 7.90. The number of aromatic nitrogens is 2. The molecule has 3 N–H and O–H groups in total. The molecule has 0 radical (unpaired) electrons. The van der Waals surface area contributed by atoms with Crippen LogP contribution in [-0.2, 0) is 14.6 Å². The number of hydrogen-bond donors (Lipinski definition) is 2. The molecule has 1 atom stereocenters. The quantitative estimate of drug-likeness (QED) is 0.372. The zero-order valence-electron chi connectivity index (χ0n) is 18.6. The Morgan fingerprint density at radius 3 is 2.42 bits per heavy atom. The number of aryl methyl sites for hydroxylation is 1. The molecule has 1 unspecified atom stereocenters. The number of aliphatic imine (C=N–C) groups is 1. The lowest BCUT2D eigenvalue weighted by molar-refractivity contribution is -0.105. The van der Waals surface area contributed by atoms with Gasteiger partial charge in [-0.15, -0.1) is 0 Å². The van der Waals surface area contributed by atoms with Crippen LogP contribution in [0, 0.1) is 12.7 Å². The molecular weight excluding hydrogens is 425 g/mol. The number of nitrogens with one attached hydrogen (secondary N) is 1. The number of amides is 1. The number of amidine groups is 1. The van der Waals surface area contributed by atoms with Crippen LogP contribution < -0.4 is 15.8 Å². The molecule has 0 aliphatic rings. The van der Waals surface area contributed by atoms with Crippen LogP contribution in [0.1, 0.15) is 38.1 Å². The topological polar surface area (TPSA) is 137 Å². The van der Waals surface area contributed by atoms with Crippen molar-refractivity contribution >= 4 is 27.8 Å². The molecule has 0 bridgehead atoms. The molecule has 1 aromatic heterocycles. The third-order valence-electron chi connectivity index (χ3n) is 3.37. The minimum absolute atomic E-state index is 0.0621. The second-order valence-corrected chi connectivity index (χ2v) is 8.26. The Balaban J connectivity index is 0.000000679. The van der Waals surface area contributed by atoms with Gasteiger partial charge < -0.3 is 15.8 Å². The number of rotatable bonds is 7. The molecular formula is C20H30FN5O4S. The fourth-order valence-electron chi connectivity index (χ4n) is 2.17. The highest BCUT2D eigenvalue weighted by atomic mass is 32.2. The van der Waals surface area contributed by atoms with E-state index in [1.165, 1.54) is 19.1 Å². The summed E-state index contributed by atoms with van der Waals surface area (Å²) < 4.78 is 41.5. The number of carbonyl (C=O) groups is 1. The van der Waals surface area contributed by atoms with Crippen LogP contribution in [0.3, 0.4) is 0 Å². The van der Waals surface area contributed by atoms with Gasteiger partial charge in [0.15, 0.2) is 0 Å². The van der Waals surface area contributed by atoms with Crippen molar-refractivity contribution in [2.24, 2.45) is 10.7 Å². The van der Waals surface area contributed by atoms with Crippen LogP contribution in [0.15, 0.2) is 35.6 Å². The standard InChI is InChI=1S/C12H16FN3O3S.C6H8N2O.C2H6/c1-8(14)16-12(6-20(2,18)19)10-5-9(15-7-17)3-4-11(10)13;1-5-3-8-6(9-2)4-7-5;1-2/h3-5,7,12H,6H2,1-2H3,(H2,14,16)(H,15,17);3-4H,1-2H3;1-2H3. The van der Waals surface area contributed by atoms with Crippen LogP contribution in [-0.4, -0.2) is 49.7 Å². The van der Waals surface area contributed by atoms with E-state index in [0.29, 0.717) is 18.0 Å².